The Bertz CT molecular complexity index is 356. The van der Waals surface area contributed by atoms with Crippen LogP contribution in [-0.4, -0.2) is 34.3 Å². The van der Waals surface area contributed by atoms with Crippen LogP contribution in [0.3, 0.4) is 0 Å². The molecule has 0 aromatic heterocycles. The van der Waals surface area contributed by atoms with Gasteiger partial charge < -0.3 is 4.90 Å². The van der Waals surface area contributed by atoms with Crippen molar-refractivity contribution >= 4 is 17.0 Å². The van der Waals surface area contributed by atoms with Crippen LogP contribution in [-0.2, 0) is 17.7 Å². The molecule has 4 nitrogen and oxygen atoms in total. The van der Waals surface area contributed by atoms with E-state index in [2.05, 4.69) is 9.62 Å². The van der Waals surface area contributed by atoms with Crippen LogP contribution in [0.15, 0.2) is 24.3 Å². The normalized spacial score (nSPS) is 12.8. The van der Waals surface area contributed by atoms with Crippen LogP contribution < -0.4 is 4.72 Å². The second-order valence-electron chi connectivity index (χ2n) is 3.92. The third-order valence-electron chi connectivity index (χ3n) is 2.27. The van der Waals surface area contributed by atoms with E-state index in [4.69, 9.17) is 4.55 Å². The van der Waals surface area contributed by atoms with Crippen molar-refractivity contribution in [3.63, 3.8) is 0 Å². The molecule has 0 aliphatic carbocycles. The van der Waals surface area contributed by atoms with Crippen LogP contribution in [0.25, 0.3) is 0 Å². The fraction of sp³-hybridized carbons (Fsp3) is 0.455. The van der Waals surface area contributed by atoms with Gasteiger partial charge in [0.2, 0.25) is 0 Å². The molecule has 90 valence electrons. The molecule has 1 atom stereocenters. The van der Waals surface area contributed by atoms with E-state index in [9.17, 15) is 4.21 Å². The van der Waals surface area contributed by atoms with Crippen molar-refractivity contribution in [1.29, 1.82) is 0 Å². The zero-order chi connectivity index (χ0) is 12.0. The molecule has 0 bridgehead atoms. The van der Waals surface area contributed by atoms with Crippen LogP contribution in [0, 0.1) is 0 Å². The molecule has 0 radical (unpaired) electrons. The van der Waals surface area contributed by atoms with Gasteiger partial charge in [-0.3, -0.25) is 9.27 Å². The van der Waals surface area contributed by atoms with Gasteiger partial charge in [0.25, 0.3) is 11.3 Å². The lowest BCUT2D eigenvalue weighted by molar-refractivity contribution is 0.400. The number of para-hydroxylation sites is 1. The Balaban J connectivity index is 2.60. The van der Waals surface area contributed by atoms with Gasteiger partial charge in [0.1, 0.15) is 0 Å². The molecule has 1 rings (SSSR count). The minimum atomic E-state index is -2.00. The number of nitrogens with one attached hydrogen (secondary N) is 1. The van der Waals surface area contributed by atoms with Gasteiger partial charge in [-0.1, -0.05) is 18.2 Å². The topological polar surface area (TPSA) is 52.6 Å². The fourth-order valence-electron chi connectivity index (χ4n) is 1.52. The Morgan fingerprint density at radius 1 is 1.38 bits per heavy atom. The lowest BCUT2D eigenvalue weighted by Gasteiger charge is -2.11. The van der Waals surface area contributed by atoms with Crippen LogP contribution in [0.5, 0.6) is 0 Å². The van der Waals surface area contributed by atoms with Crippen molar-refractivity contribution in [1.82, 2.24) is 4.90 Å². The molecule has 2 N–H and O–H groups in total. The first-order chi connectivity index (χ1) is 7.59. The summed E-state index contributed by atoms with van der Waals surface area (Å²) in [6, 6.07) is 7.59. The smallest absolute Gasteiger partial charge is 0.259 e. The summed E-state index contributed by atoms with van der Waals surface area (Å²) in [7, 11) is 4.07. The Morgan fingerprint density at radius 3 is 2.69 bits per heavy atom. The largest absolute Gasteiger partial charge is 0.309 e. The summed E-state index contributed by atoms with van der Waals surface area (Å²) in [4.78, 5) is 2.13. The maximum absolute atomic E-state index is 10.7. The molecule has 0 fully saturated rings. The molecule has 16 heavy (non-hydrogen) atoms. The predicted octanol–water partition coefficient (Wildman–Crippen LogP) is 1.73. The first-order valence-electron chi connectivity index (χ1n) is 5.19. The number of aryl methyl sites for hydroxylation is 1. The summed E-state index contributed by atoms with van der Waals surface area (Å²) >= 11 is -2.00. The van der Waals surface area contributed by atoms with E-state index in [0.717, 1.165) is 30.6 Å². The van der Waals surface area contributed by atoms with Gasteiger partial charge in [-0.05, 0) is 45.1 Å². The molecule has 1 aromatic rings. The van der Waals surface area contributed by atoms with Crippen molar-refractivity contribution in [2.45, 2.75) is 12.8 Å². The van der Waals surface area contributed by atoms with Crippen LogP contribution >= 0.6 is 0 Å². The summed E-state index contributed by atoms with van der Waals surface area (Å²) in [5, 5.41) is 0. The van der Waals surface area contributed by atoms with Gasteiger partial charge in [-0.15, -0.1) is 0 Å². The fourth-order valence-corrected chi connectivity index (χ4v) is 1.90. The number of hydrogen-bond acceptors (Lipinski definition) is 2. The molecule has 1 unspecified atom stereocenters. The van der Waals surface area contributed by atoms with E-state index < -0.39 is 11.3 Å². The Kier molecular flexibility index (Phi) is 5.45. The molecule has 0 saturated heterocycles. The van der Waals surface area contributed by atoms with Crippen molar-refractivity contribution in [3.05, 3.63) is 29.8 Å². The van der Waals surface area contributed by atoms with Gasteiger partial charge >= 0.3 is 0 Å². The summed E-state index contributed by atoms with van der Waals surface area (Å²) in [6.07, 6.45) is 1.93. The molecule has 1 aromatic carbocycles. The molecular weight excluding hydrogens is 224 g/mol. The van der Waals surface area contributed by atoms with Crippen molar-refractivity contribution in [3.8, 4) is 0 Å². The van der Waals surface area contributed by atoms with Crippen molar-refractivity contribution in [2.75, 3.05) is 25.4 Å². The average Bonchev–Trinajstić information content (AvgIpc) is 2.19. The first kappa shape index (κ1) is 13.2. The average molecular weight is 242 g/mol. The third-order valence-corrected chi connectivity index (χ3v) is 2.66. The lowest BCUT2D eigenvalue weighted by Crippen LogP contribution is -2.14. The predicted molar refractivity (Wildman–Crippen MR) is 67.7 cm³/mol. The number of anilines is 1. The highest BCUT2D eigenvalue weighted by Gasteiger charge is 2.03. The Morgan fingerprint density at radius 2 is 2.06 bits per heavy atom. The zero-order valence-corrected chi connectivity index (χ0v) is 10.5. The minimum absolute atomic E-state index is 0.738. The van der Waals surface area contributed by atoms with Crippen LogP contribution in [0.4, 0.5) is 5.69 Å². The third kappa shape index (κ3) is 4.74. The standard InChI is InChI=1S/C11H18N2O2S/c1-13(2)9-5-7-10-6-3-4-8-11(10)12-16(14)15/h3-4,6,8,12H,5,7,9H2,1-2H3,(H,14,15). The second-order valence-corrected chi connectivity index (χ2v) is 4.62. The summed E-state index contributed by atoms with van der Waals surface area (Å²) in [5.74, 6) is 0. The SMILES string of the molecule is CN(C)CCCc1ccccc1NS(=O)O. The van der Waals surface area contributed by atoms with Gasteiger partial charge in [-0.25, -0.2) is 4.21 Å². The van der Waals surface area contributed by atoms with E-state index in [1.54, 1.807) is 0 Å². The zero-order valence-electron chi connectivity index (χ0n) is 9.64. The maximum atomic E-state index is 10.7. The number of rotatable bonds is 6. The van der Waals surface area contributed by atoms with Gasteiger partial charge in [0.15, 0.2) is 0 Å². The van der Waals surface area contributed by atoms with Gasteiger partial charge in [-0.2, -0.15) is 0 Å². The Hall–Kier alpha value is -0.910. The summed E-state index contributed by atoms with van der Waals surface area (Å²) in [5.41, 5.74) is 1.81. The molecule has 0 amide bonds. The lowest BCUT2D eigenvalue weighted by atomic mass is 10.1. The first-order valence-corrected chi connectivity index (χ1v) is 6.30. The van der Waals surface area contributed by atoms with Gasteiger partial charge in [0.05, 0.1) is 5.69 Å². The second kappa shape index (κ2) is 6.62. The van der Waals surface area contributed by atoms with Crippen molar-refractivity contribution in [2.24, 2.45) is 0 Å². The summed E-state index contributed by atoms with van der Waals surface area (Å²) < 4.78 is 22.0. The molecular formula is C11H18N2O2S. The highest BCUT2D eigenvalue weighted by atomic mass is 32.2. The van der Waals surface area contributed by atoms with E-state index >= 15 is 0 Å². The van der Waals surface area contributed by atoms with Crippen LogP contribution in [0.1, 0.15) is 12.0 Å². The maximum Gasteiger partial charge on any atom is 0.259 e. The molecule has 0 saturated carbocycles. The highest BCUT2D eigenvalue weighted by Crippen LogP contribution is 2.17. The van der Waals surface area contributed by atoms with Crippen LogP contribution in [0.2, 0.25) is 0 Å². The molecule has 0 spiro atoms. The van der Waals surface area contributed by atoms with Gasteiger partial charge in [0, 0.05) is 0 Å². The Labute approximate surface area is 99.1 Å². The van der Waals surface area contributed by atoms with E-state index in [-0.39, 0.29) is 0 Å². The van der Waals surface area contributed by atoms with E-state index in [1.165, 1.54) is 0 Å². The van der Waals surface area contributed by atoms with E-state index in [0.29, 0.717) is 0 Å². The molecule has 0 aliphatic heterocycles. The van der Waals surface area contributed by atoms with Crippen molar-refractivity contribution < 1.29 is 8.76 Å². The summed E-state index contributed by atoms with van der Waals surface area (Å²) in [6.45, 7) is 1.01. The molecule has 0 heterocycles. The quantitative estimate of drug-likeness (QED) is 0.747. The molecule has 5 heteroatoms. The van der Waals surface area contributed by atoms with E-state index in [1.807, 2.05) is 38.4 Å². The number of hydrogen-bond donors (Lipinski definition) is 2. The monoisotopic (exact) mass is 242 g/mol. The number of nitrogens with zero attached hydrogens (tertiary/aromatic N) is 1. The number of benzene rings is 1. The molecule has 0 aliphatic rings. The minimum Gasteiger partial charge on any atom is -0.309 e. The highest BCUT2D eigenvalue weighted by molar-refractivity contribution is 7.80.